The number of nitrogens with one attached hydrogen (secondary N) is 1. The van der Waals surface area contributed by atoms with Gasteiger partial charge in [-0.2, -0.15) is 0 Å². The summed E-state index contributed by atoms with van der Waals surface area (Å²) in [7, 11) is -3.56. The van der Waals surface area contributed by atoms with E-state index in [4.69, 9.17) is 0 Å². The Bertz CT molecular complexity index is 978. The monoisotopic (exact) mass is 355 g/mol. The molecule has 5 heteroatoms. The van der Waals surface area contributed by atoms with Gasteiger partial charge < -0.3 is 5.11 Å². The molecule has 0 aromatic heterocycles. The van der Waals surface area contributed by atoms with Crippen LogP contribution in [0, 0.1) is 6.92 Å². The molecule has 1 unspecified atom stereocenters. The molecule has 0 heterocycles. The summed E-state index contributed by atoms with van der Waals surface area (Å²) in [6.07, 6.45) is -0.426. The van der Waals surface area contributed by atoms with Crippen molar-refractivity contribution in [3.05, 3.63) is 77.9 Å². The number of benzene rings is 3. The van der Waals surface area contributed by atoms with Crippen LogP contribution in [0.4, 0.5) is 0 Å². The van der Waals surface area contributed by atoms with Crippen LogP contribution in [0.2, 0.25) is 0 Å². The van der Waals surface area contributed by atoms with Gasteiger partial charge in [0.25, 0.3) is 0 Å². The maximum absolute atomic E-state index is 12.3. The molecule has 0 amide bonds. The van der Waals surface area contributed by atoms with E-state index in [1.54, 1.807) is 18.2 Å². The molecule has 0 saturated carbocycles. The predicted molar refractivity (Wildman–Crippen MR) is 99.9 cm³/mol. The normalized spacial score (nSPS) is 13.0. The second-order valence-electron chi connectivity index (χ2n) is 6.09. The van der Waals surface area contributed by atoms with Crippen molar-refractivity contribution in [3.8, 4) is 0 Å². The molecule has 3 aromatic rings. The van der Waals surface area contributed by atoms with E-state index < -0.39 is 16.1 Å². The van der Waals surface area contributed by atoms with E-state index in [0.29, 0.717) is 6.42 Å². The van der Waals surface area contributed by atoms with Crippen LogP contribution < -0.4 is 4.72 Å². The Hall–Kier alpha value is -2.21. The molecule has 0 fully saturated rings. The lowest BCUT2D eigenvalue weighted by molar-refractivity contribution is 0.170. The lowest BCUT2D eigenvalue weighted by atomic mass is 9.99. The molecule has 2 N–H and O–H groups in total. The van der Waals surface area contributed by atoms with E-state index in [1.807, 2.05) is 55.5 Å². The average molecular weight is 355 g/mol. The molecular formula is C20H21NO3S. The van der Waals surface area contributed by atoms with Gasteiger partial charge in [-0.15, -0.1) is 0 Å². The Morgan fingerprint density at radius 3 is 2.52 bits per heavy atom. The van der Waals surface area contributed by atoms with Crippen molar-refractivity contribution in [2.24, 2.45) is 0 Å². The van der Waals surface area contributed by atoms with E-state index >= 15 is 0 Å². The highest BCUT2D eigenvalue weighted by Gasteiger charge is 2.16. The van der Waals surface area contributed by atoms with Gasteiger partial charge in [-0.25, -0.2) is 13.1 Å². The van der Waals surface area contributed by atoms with Crippen molar-refractivity contribution in [1.29, 1.82) is 0 Å². The zero-order valence-electron chi connectivity index (χ0n) is 14.0. The molecule has 0 aliphatic heterocycles. The minimum absolute atomic E-state index is 0.167. The van der Waals surface area contributed by atoms with Gasteiger partial charge in [-0.05, 0) is 47.4 Å². The number of aryl methyl sites for hydroxylation is 1. The maximum Gasteiger partial charge on any atom is 0.240 e. The highest BCUT2D eigenvalue weighted by molar-refractivity contribution is 7.89. The number of hydrogen-bond donors (Lipinski definition) is 2. The number of aliphatic hydroxyl groups excluding tert-OH is 1. The maximum atomic E-state index is 12.3. The SMILES string of the molecule is Cc1cccc(S(=O)(=O)NCCC(O)c2cccc3ccccc23)c1. The van der Waals surface area contributed by atoms with Crippen molar-refractivity contribution >= 4 is 20.8 Å². The van der Waals surface area contributed by atoms with Gasteiger partial charge in [0.15, 0.2) is 0 Å². The predicted octanol–water partition coefficient (Wildman–Crippen LogP) is 3.55. The first-order valence-corrected chi connectivity index (χ1v) is 9.68. The van der Waals surface area contributed by atoms with E-state index in [0.717, 1.165) is 21.9 Å². The van der Waals surface area contributed by atoms with Crippen LogP contribution >= 0.6 is 0 Å². The summed E-state index contributed by atoms with van der Waals surface area (Å²) in [5.41, 5.74) is 1.70. The van der Waals surface area contributed by atoms with Crippen LogP contribution in [0.3, 0.4) is 0 Å². The van der Waals surface area contributed by atoms with E-state index in [1.165, 1.54) is 0 Å². The highest BCUT2D eigenvalue weighted by Crippen LogP contribution is 2.26. The molecule has 0 saturated heterocycles. The number of rotatable bonds is 6. The fourth-order valence-corrected chi connectivity index (χ4v) is 4.04. The van der Waals surface area contributed by atoms with Gasteiger partial charge in [0.05, 0.1) is 11.0 Å². The second-order valence-corrected chi connectivity index (χ2v) is 7.85. The number of hydrogen-bond acceptors (Lipinski definition) is 3. The number of sulfonamides is 1. The summed E-state index contributed by atoms with van der Waals surface area (Å²) in [6, 6.07) is 20.4. The largest absolute Gasteiger partial charge is 0.388 e. The third-order valence-electron chi connectivity index (χ3n) is 4.19. The lowest BCUT2D eigenvalue weighted by Gasteiger charge is -2.14. The molecule has 0 spiro atoms. The van der Waals surface area contributed by atoms with Crippen LogP contribution in [-0.2, 0) is 10.0 Å². The lowest BCUT2D eigenvalue weighted by Crippen LogP contribution is -2.26. The summed E-state index contributed by atoms with van der Waals surface area (Å²) in [5, 5.41) is 12.5. The van der Waals surface area contributed by atoms with Crippen molar-refractivity contribution in [3.63, 3.8) is 0 Å². The van der Waals surface area contributed by atoms with Crippen molar-refractivity contribution in [1.82, 2.24) is 4.72 Å². The molecule has 25 heavy (non-hydrogen) atoms. The van der Waals surface area contributed by atoms with Crippen molar-refractivity contribution in [2.75, 3.05) is 6.54 Å². The molecule has 1 atom stereocenters. The summed E-state index contributed by atoms with van der Waals surface area (Å²) in [4.78, 5) is 0.243. The Balaban J connectivity index is 1.69. The molecule has 4 nitrogen and oxygen atoms in total. The van der Waals surface area contributed by atoms with Crippen molar-refractivity contribution < 1.29 is 13.5 Å². The Labute approximate surface area is 148 Å². The van der Waals surface area contributed by atoms with Gasteiger partial charge in [-0.3, -0.25) is 0 Å². The molecule has 3 rings (SSSR count). The summed E-state index contributed by atoms with van der Waals surface area (Å²) >= 11 is 0. The van der Waals surface area contributed by atoms with Crippen molar-refractivity contribution in [2.45, 2.75) is 24.3 Å². The van der Waals surface area contributed by atoms with Gasteiger partial charge in [0, 0.05) is 6.54 Å². The molecule has 0 radical (unpaired) electrons. The number of aliphatic hydroxyl groups is 1. The van der Waals surface area contributed by atoms with Gasteiger partial charge in [-0.1, -0.05) is 54.6 Å². The molecule has 0 aliphatic carbocycles. The van der Waals surface area contributed by atoms with Crippen LogP contribution in [0.15, 0.2) is 71.6 Å². The highest BCUT2D eigenvalue weighted by atomic mass is 32.2. The fourth-order valence-electron chi connectivity index (χ4n) is 2.89. The zero-order chi connectivity index (χ0) is 17.9. The van der Waals surface area contributed by atoms with E-state index in [9.17, 15) is 13.5 Å². The quantitative estimate of drug-likeness (QED) is 0.711. The zero-order valence-corrected chi connectivity index (χ0v) is 14.8. The Kier molecular flexibility index (Phi) is 5.18. The minimum atomic E-state index is -3.56. The third-order valence-corrected chi connectivity index (χ3v) is 5.65. The summed E-state index contributed by atoms with van der Waals surface area (Å²) in [6.45, 7) is 2.02. The first-order valence-electron chi connectivity index (χ1n) is 8.19. The Morgan fingerprint density at radius 1 is 1.00 bits per heavy atom. The first-order chi connectivity index (χ1) is 12.0. The van der Waals surface area contributed by atoms with Crippen LogP contribution in [0.5, 0.6) is 0 Å². The standard InChI is InChI=1S/C20H21NO3S/c1-15-6-4-9-17(14-15)25(23,24)21-13-12-20(22)19-11-5-8-16-7-2-3-10-18(16)19/h2-11,14,20-22H,12-13H2,1H3. The molecule has 0 bridgehead atoms. The summed E-state index contributed by atoms with van der Waals surface area (Å²) in [5.74, 6) is 0. The second kappa shape index (κ2) is 7.35. The topological polar surface area (TPSA) is 66.4 Å². The third kappa shape index (κ3) is 4.07. The molecule has 130 valence electrons. The first kappa shape index (κ1) is 17.6. The fraction of sp³-hybridized carbons (Fsp3) is 0.200. The van der Waals surface area contributed by atoms with Gasteiger partial charge in [0.1, 0.15) is 0 Å². The summed E-state index contributed by atoms with van der Waals surface area (Å²) < 4.78 is 27.2. The van der Waals surface area contributed by atoms with Gasteiger partial charge in [0.2, 0.25) is 10.0 Å². The van der Waals surface area contributed by atoms with Crippen LogP contribution in [0.25, 0.3) is 10.8 Å². The number of fused-ring (bicyclic) bond motifs is 1. The molecule has 3 aromatic carbocycles. The molecular weight excluding hydrogens is 334 g/mol. The average Bonchev–Trinajstić information content (AvgIpc) is 2.61. The van der Waals surface area contributed by atoms with Crippen LogP contribution in [0.1, 0.15) is 23.7 Å². The smallest absolute Gasteiger partial charge is 0.240 e. The van der Waals surface area contributed by atoms with Gasteiger partial charge >= 0.3 is 0 Å². The molecule has 0 aliphatic rings. The minimum Gasteiger partial charge on any atom is -0.388 e. The van der Waals surface area contributed by atoms with Crippen LogP contribution in [-0.4, -0.2) is 20.1 Å². The van der Waals surface area contributed by atoms with E-state index in [2.05, 4.69) is 4.72 Å². The van der Waals surface area contributed by atoms with E-state index in [-0.39, 0.29) is 11.4 Å². The Morgan fingerprint density at radius 2 is 1.72 bits per heavy atom.